The van der Waals surface area contributed by atoms with Crippen molar-refractivity contribution in [1.82, 2.24) is 4.90 Å². The Bertz CT molecular complexity index is 409. The maximum absolute atomic E-state index is 13.6. The van der Waals surface area contributed by atoms with Gasteiger partial charge >= 0.3 is 0 Å². The number of halogens is 2. The largest absolute Gasteiger partial charge is 0.330 e. The van der Waals surface area contributed by atoms with Gasteiger partial charge < -0.3 is 5.73 Å². The molecule has 0 aromatic heterocycles. The Morgan fingerprint density at radius 3 is 2.83 bits per heavy atom. The van der Waals surface area contributed by atoms with Crippen LogP contribution in [0.5, 0.6) is 0 Å². The second-order valence-corrected chi connectivity index (χ2v) is 5.23. The normalized spacial score (nSPS) is 25.3. The number of rotatable bonds is 3. The molecule has 2 nitrogen and oxygen atoms in total. The lowest BCUT2D eigenvalue weighted by Gasteiger charge is -2.36. The van der Waals surface area contributed by atoms with Crippen molar-refractivity contribution >= 4 is 0 Å². The number of benzene rings is 1. The average molecular weight is 254 g/mol. The molecule has 0 saturated carbocycles. The first-order valence-corrected chi connectivity index (χ1v) is 6.46. The molecule has 1 aliphatic heterocycles. The molecule has 0 spiro atoms. The number of hydrogen-bond donors (Lipinski definition) is 1. The molecule has 0 amide bonds. The summed E-state index contributed by atoms with van der Waals surface area (Å²) in [5, 5.41) is 0. The Morgan fingerprint density at radius 1 is 1.39 bits per heavy atom. The molecule has 2 N–H and O–H groups in total. The fourth-order valence-electron chi connectivity index (χ4n) is 2.57. The van der Waals surface area contributed by atoms with Crippen LogP contribution in [0.15, 0.2) is 18.2 Å². The Balaban J connectivity index is 2.01. The van der Waals surface area contributed by atoms with Gasteiger partial charge in [-0.1, -0.05) is 13.0 Å². The molecular weight excluding hydrogens is 234 g/mol. The van der Waals surface area contributed by atoms with Crippen LogP contribution in [0.1, 0.15) is 18.9 Å². The SMILES string of the molecule is CC1CCN(Cc2ccc(F)cc2F)CC1CN. The lowest BCUT2D eigenvalue weighted by Crippen LogP contribution is -2.42. The minimum atomic E-state index is -0.525. The molecule has 1 heterocycles. The zero-order chi connectivity index (χ0) is 13.1. The van der Waals surface area contributed by atoms with Crippen LogP contribution in [0, 0.1) is 23.5 Å². The third-order valence-corrected chi connectivity index (χ3v) is 3.91. The zero-order valence-electron chi connectivity index (χ0n) is 10.7. The predicted molar refractivity (Wildman–Crippen MR) is 68.0 cm³/mol. The van der Waals surface area contributed by atoms with E-state index in [0.29, 0.717) is 30.5 Å². The topological polar surface area (TPSA) is 29.3 Å². The van der Waals surface area contributed by atoms with Crippen LogP contribution in [0.25, 0.3) is 0 Å². The van der Waals surface area contributed by atoms with E-state index in [4.69, 9.17) is 5.73 Å². The fraction of sp³-hybridized carbons (Fsp3) is 0.571. The van der Waals surface area contributed by atoms with Gasteiger partial charge in [-0.3, -0.25) is 4.90 Å². The number of nitrogens with two attached hydrogens (primary N) is 1. The van der Waals surface area contributed by atoms with Crippen molar-refractivity contribution in [3.8, 4) is 0 Å². The molecular formula is C14H20F2N2. The highest BCUT2D eigenvalue weighted by Gasteiger charge is 2.25. The molecule has 4 heteroatoms. The van der Waals surface area contributed by atoms with Gasteiger partial charge in [-0.05, 0) is 37.4 Å². The summed E-state index contributed by atoms with van der Waals surface area (Å²) in [7, 11) is 0. The maximum Gasteiger partial charge on any atom is 0.130 e. The van der Waals surface area contributed by atoms with Gasteiger partial charge in [-0.15, -0.1) is 0 Å². The minimum Gasteiger partial charge on any atom is -0.330 e. The number of likely N-dealkylation sites (tertiary alicyclic amines) is 1. The van der Waals surface area contributed by atoms with E-state index in [0.717, 1.165) is 25.6 Å². The van der Waals surface area contributed by atoms with Crippen molar-refractivity contribution in [3.05, 3.63) is 35.4 Å². The monoisotopic (exact) mass is 254 g/mol. The van der Waals surface area contributed by atoms with E-state index >= 15 is 0 Å². The van der Waals surface area contributed by atoms with Crippen LogP contribution in [-0.4, -0.2) is 24.5 Å². The van der Waals surface area contributed by atoms with Crippen molar-refractivity contribution < 1.29 is 8.78 Å². The van der Waals surface area contributed by atoms with Gasteiger partial charge in [0.2, 0.25) is 0 Å². The van der Waals surface area contributed by atoms with Crippen LogP contribution in [0.2, 0.25) is 0 Å². The van der Waals surface area contributed by atoms with Crippen molar-refractivity contribution in [2.75, 3.05) is 19.6 Å². The zero-order valence-corrected chi connectivity index (χ0v) is 10.7. The van der Waals surface area contributed by atoms with Gasteiger partial charge in [0, 0.05) is 24.7 Å². The molecule has 2 atom stereocenters. The molecule has 1 aliphatic rings. The molecule has 1 saturated heterocycles. The van der Waals surface area contributed by atoms with E-state index < -0.39 is 11.6 Å². The van der Waals surface area contributed by atoms with Gasteiger partial charge in [0.25, 0.3) is 0 Å². The summed E-state index contributed by atoms with van der Waals surface area (Å²) in [5.41, 5.74) is 6.31. The van der Waals surface area contributed by atoms with E-state index in [9.17, 15) is 8.78 Å². The van der Waals surface area contributed by atoms with Crippen molar-refractivity contribution in [2.24, 2.45) is 17.6 Å². The van der Waals surface area contributed by atoms with Crippen LogP contribution in [-0.2, 0) is 6.54 Å². The summed E-state index contributed by atoms with van der Waals surface area (Å²) in [4.78, 5) is 2.20. The molecule has 1 aromatic rings. The molecule has 18 heavy (non-hydrogen) atoms. The Hall–Kier alpha value is -1.00. The summed E-state index contributed by atoms with van der Waals surface area (Å²) in [5.74, 6) is 0.118. The third-order valence-electron chi connectivity index (χ3n) is 3.91. The summed E-state index contributed by atoms with van der Waals surface area (Å²) >= 11 is 0. The second kappa shape index (κ2) is 5.76. The van der Waals surface area contributed by atoms with E-state index in [-0.39, 0.29) is 0 Å². The second-order valence-electron chi connectivity index (χ2n) is 5.23. The molecule has 2 rings (SSSR count). The average Bonchev–Trinajstić information content (AvgIpc) is 2.35. The fourth-order valence-corrected chi connectivity index (χ4v) is 2.57. The number of hydrogen-bond acceptors (Lipinski definition) is 2. The first kappa shape index (κ1) is 13.4. The summed E-state index contributed by atoms with van der Waals surface area (Å²) < 4.78 is 26.4. The molecule has 2 unspecified atom stereocenters. The molecule has 0 radical (unpaired) electrons. The van der Waals surface area contributed by atoms with Gasteiger partial charge in [-0.25, -0.2) is 8.78 Å². The number of nitrogens with zero attached hydrogens (tertiary/aromatic N) is 1. The van der Waals surface area contributed by atoms with Crippen molar-refractivity contribution in [2.45, 2.75) is 19.9 Å². The van der Waals surface area contributed by atoms with Crippen LogP contribution in [0.4, 0.5) is 8.78 Å². The third kappa shape index (κ3) is 3.06. The molecule has 0 bridgehead atoms. The summed E-state index contributed by atoms with van der Waals surface area (Å²) in [6.07, 6.45) is 1.09. The summed E-state index contributed by atoms with van der Waals surface area (Å²) in [6, 6.07) is 3.79. The van der Waals surface area contributed by atoms with Crippen molar-refractivity contribution in [1.29, 1.82) is 0 Å². The van der Waals surface area contributed by atoms with Gasteiger partial charge in [-0.2, -0.15) is 0 Å². The highest BCUT2D eigenvalue weighted by Crippen LogP contribution is 2.24. The predicted octanol–water partition coefficient (Wildman–Crippen LogP) is 2.38. The molecule has 0 aliphatic carbocycles. The van der Waals surface area contributed by atoms with Gasteiger partial charge in [0.15, 0.2) is 0 Å². The lowest BCUT2D eigenvalue weighted by atomic mass is 9.87. The van der Waals surface area contributed by atoms with E-state index in [1.807, 2.05) is 0 Å². The molecule has 1 aromatic carbocycles. The Kier molecular flexibility index (Phi) is 4.30. The first-order valence-electron chi connectivity index (χ1n) is 6.46. The van der Waals surface area contributed by atoms with Crippen LogP contribution < -0.4 is 5.73 Å². The standard InChI is InChI=1S/C14H20F2N2/c1-10-4-5-18(9-12(10)7-17)8-11-2-3-13(15)6-14(11)16/h2-3,6,10,12H,4-5,7-9,17H2,1H3. The Labute approximate surface area is 107 Å². The number of piperidine rings is 1. The quantitative estimate of drug-likeness (QED) is 0.897. The first-order chi connectivity index (χ1) is 8.60. The van der Waals surface area contributed by atoms with Crippen LogP contribution in [0.3, 0.4) is 0 Å². The minimum absolute atomic E-state index is 0.460. The van der Waals surface area contributed by atoms with Crippen molar-refractivity contribution in [3.63, 3.8) is 0 Å². The van der Waals surface area contributed by atoms with Crippen LogP contribution >= 0.6 is 0 Å². The molecule has 100 valence electrons. The van der Waals surface area contributed by atoms with E-state index in [2.05, 4.69) is 11.8 Å². The lowest BCUT2D eigenvalue weighted by molar-refractivity contribution is 0.125. The van der Waals surface area contributed by atoms with E-state index in [1.165, 1.54) is 12.1 Å². The van der Waals surface area contributed by atoms with Gasteiger partial charge in [0.05, 0.1) is 0 Å². The van der Waals surface area contributed by atoms with E-state index in [1.54, 1.807) is 0 Å². The van der Waals surface area contributed by atoms with Gasteiger partial charge in [0.1, 0.15) is 11.6 Å². The summed E-state index contributed by atoms with van der Waals surface area (Å²) in [6.45, 7) is 5.27. The maximum atomic E-state index is 13.6. The Morgan fingerprint density at radius 2 is 2.17 bits per heavy atom. The smallest absolute Gasteiger partial charge is 0.130 e. The highest BCUT2D eigenvalue weighted by atomic mass is 19.1. The highest BCUT2D eigenvalue weighted by molar-refractivity contribution is 5.18. The molecule has 1 fully saturated rings.